The summed E-state index contributed by atoms with van der Waals surface area (Å²) in [5.41, 5.74) is 6.12. The first-order valence-electron chi connectivity index (χ1n) is 7.10. The Bertz CT molecular complexity index is 586. The van der Waals surface area contributed by atoms with Crippen LogP contribution in [-0.2, 0) is 20.8 Å². The van der Waals surface area contributed by atoms with Crippen molar-refractivity contribution >= 4 is 29.1 Å². The largest absolute Gasteiger partial charge is 0.369 e. The van der Waals surface area contributed by atoms with Crippen molar-refractivity contribution in [2.45, 2.75) is 20.3 Å². The molecule has 0 unspecified atom stereocenters. The van der Waals surface area contributed by atoms with E-state index in [1.54, 1.807) is 9.80 Å². The Kier molecular flexibility index (Phi) is 5.12. The predicted octanol–water partition coefficient (Wildman–Crippen LogP) is -0.214. The molecule has 0 saturated carbocycles. The SMILES string of the molecule is CC(=O)N1CCN(C(=O)Cc2csc(C)n2)C[C@@H](C(N)=O)C1. The molecule has 0 spiro atoms. The third-order valence-corrected chi connectivity index (χ3v) is 4.54. The summed E-state index contributed by atoms with van der Waals surface area (Å²) in [6.45, 7) is 4.68. The average molecular weight is 324 g/mol. The number of hydrogen-bond acceptors (Lipinski definition) is 5. The Morgan fingerprint density at radius 3 is 2.50 bits per heavy atom. The number of carbonyl (C=O) groups is 3. The Labute approximate surface area is 133 Å². The van der Waals surface area contributed by atoms with E-state index in [-0.39, 0.29) is 31.3 Å². The Balaban J connectivity index is 2.07. The summed E-state index contributed by atoms with van der Waals surface area (Å²) in [7, 11) is 0. The standard InChI is InChI=1S/C14H20N4O3S/c1-9-16-12(8-22-9)5-13(20)18-4-3-17(10(2)19)6-11(7-18)14(15)21/h8,11H,3-7H2,1-2H3,(H2,15,21)/t11-/m0/s1. The van der Waals surface area contributed by atoms with Crippen LogP contribution in [0.3, 0.4) is 0 Å². The van der Waals surface area contributed by atoms with Crippen LogP contribution in [0.2, 0.25) is 0 Å². The van der Waals surface area contributed by atoms with Crippen molar-refractivity contribution in [1.29, 1.82) is 0 Å². The molecular weight excluding hydrogens is 304 g/mol. The van der Waals surface area contributed by atoms with Crippen molar-refractivity contribution in [2.75, 3.05) is 26.2 Å². The van der Waals surface area contributed by atoms with Crippen LogP contribution in [0.5, 0.6) is 0 Å². The van der Waals surface area contributed by atoms with Gasteiger partial charge in [-0.05, 0) is 6.92 Å². The minimum atomic E-state index is -0.535. The quantitative estimate of drug-likeness (QED) is 0.832. The second-order valence-corrected chi connectivity index (χ2v) is 6.50. The monoisotopic (exact) mass is 324 g/mol. The number of carbonyl (C=O) groups excluding carboxylic acids is 3. The predicted molar refractivity (Wildman–Crippen MR) is 82.1 cm³/mol. The fourth-order valence-corrected chi connectivity index (χ4v) is 3.08. The van der Waals surface area contributed by atoms with E-state index < -0.39 is 11.8 Å². The number of nitrogens with zero attached hydrogens (tertiary/aromatic N) is 3. The molecule has 7 nitrogen and oxygen atoms in total. The number of nitrogens with two attached hydrogens (primary N) is 1. The van der Waals surface area contributed by atoms with Crippen LogP contribution in [0, 0.1) is 12.8 Å². The first kappa shape index (κ1) is 16.4. The van der Waals surface area contributed by atoms with Gasteiger partial charge in [0.05, 0.1) is 23.0 Å². The molecule has 0 radical (unpaired) electrons. The van der Waals surface area contributed by atoms with Gasteiger partial charge in [-0.1, -0.05) is 0 Å². The number of aromatic nitrogens is 1. The van der Waals surface area contributed by atoms with Gasteiger partial charge in [-0.3, -0.25) is 14.4 Å². The molecule has 8 heteroatoms. The van der Waals surface area contributed by atoms with E-state index in [9.17, 15) is 14.4 Å². The maximum Gasteiger partial charge on any atom is 0.228 e. The van der Waals surface area contributed by atoms with Gasteiger partial charge >= 0.3 is 0 Å². The molecule has 22 heavy (non-hydrogen) atoms. The van der Waals surface area contributed by atoms with E-state index in [2.05, 4.69) is 4.98 Å². The fraction of sp³-hybridized carbons (Fsp3) is 0.571. The Morgan fingerprint density at radius 2 is 1.95 bits per heavy atom. The molecule has 2 heterocycles. The van der Waals surface area contributed by atoms with Crippen LogP contribution in [0.1, 0.15) is 17.6 Å². The lowest BCUT2D eigenvalue weighted by atomic mass is 10.1. The number of aryl methyl sites for hydroxylation is 1. The smallest absolute Gasteiger partial charge is 0.228 e. The molecule has 2 rings (SSSR count). The number of primary amides is 1. The van der Waals surface area contributed by atoms with Crippen LogP contribution in [0.4, 0.5) is 0 Å². The molecular formula is C14H20N4O3S. The number of hydrogen-bond donors (Lipinski definition) is 1. The van der Waals surface area contributed by atoms with E-state index in [4.69, 9.17) is 5.73 Å². The van der Waals surface area contributed by atoms with Gasteiger partial charge in [-0.25, -0.2) is 4.98 Å². The minimum absolute atomic E-state index is 0.0954. The van der Waals surface area contributed by atoms with E-state index in [0.717, 1.165) is 10.7 Å². The molecule has 0 aliphatic carbocycles. The van der Waals surface area contributed by atoms with Crippen molar-refractivity contribution in [3.05, 3.63) is 16.1 Å². The van der Waals surface area contributed by atoms with Gasteiger partial charge < -0.3 is 15.5 Å². The summed E-state index contributed by atoms with van der Waals surface area (Å²) in [5.74, 6) is -1.24. The van der Waals surface area contributed by atoms with Gasteiger partial charge in [0.2, 0.25) is 17.7 Å². The normalized spacial score (nSPS) is 18.9. The van der Waals surface area contributed by atoms with Crippen LogP contribution in [0.25, 0.3) is 0 Å². The van der Waals surface area contributed by atoms with E-state index >= 15 is 0 Å². The molecule has 120 valence electrons. The summed E-state index contributed by atoms with van der Waals surface area (Å²) in [6, 6.07) is 0. The van der Waals surface area contributed by atoms with E-state index in [1.807, 2.05) is 12.3 Å². The second-order valence-electron chi connectivity index (χ2n) is 5.44. The van der Waals surface area contributed by atoms with E-state index in [1.165, 1.54) is 18.3 Å². The zero-order chi connectivity index (χ0) is 16.3. The van der Waals surface area contributed by atoms with Crippen LogP contribution >= 0.6 is 11.3 Å². The fourth-order valence-electron chi connectivity index (χ4n) is 2.46. The molecule has 1 aliphatic heterocycles. The first-order valence-corrected chi connectivity index (χ1v) is 7.98. The highest BCUT2D eigenvalue weighted by Gasteiger charge is 2.29. The third kappa shape index (κ3) is 4.03. The van der Waals surface area contributed by atoms with Crippen LogP contribution in [-0.4, -0.2) is 58.7 Å². The summed E-state index contributed by atoms with van der Waals surface area (Å²) in [5, 5.41) is 2.77. The molecule has 1 aliphatic rings. The van der Waals surface area contributed by atoms with Crippen molar-refractivity contribution in [2.24, 2.45) is 11.7 Å². The zero-order valence-electron chi connectivity index (χ0n) is 12.7. The zero-order valence-corrected chi connectivity index (χ0v) is 13.6. The molecule has 1 atom stereocenters. The highest BCUT2D eigenvalue weighted by molar-refractivity contribution is 7.09. The van der Waals surface area contributed by atoms with Gasteiger partial charge in [0.1, 0.15) is 0 Å². The van der Waals surface area contributed by atoms with E-state index in [0.29, 0.717) is 13.1 Å². The summed E-state index contributed by atoms with van der Waals surface area (Å²) < 4.78 is 0. The summed E-state index contributed by atoms with van der Waals surface area (Å²) in [6.07, 6.45) is 0.204. The average Bonchev–Trinajstić information content (AvgIpc) is 2.73. The van der Waals surface area contributed by atoms with Gasteiger partial charge in [-0.2, -0.15) is 0 Å². The topological polar surface area (TPSA) is 96.6 Å². The van der Waals surface area contributed by atoms with Crippen molar-refractivity contribution in [1.82, 2.24) is 14.8 Å². The molecule has 2 N–H and O–H groups in total. The number of thiazole rings is 1. The lowest BCUT2D eigenvalue weighted by Gasteiger charge is -2.22. The molecule has 1 aromatic heterocycles. The number of rotatable bonds is 3. The number of amides is 3. The maximum absolute atomic E-state index is 12.4. The molecule has 1 fully saturated rings. The molecule has 3 amide bonds. The molecule has 1 aromatic rings. The van der Waals surface area contributed by atoms with Crippen LogP contribution in [0.15, 0.2) is 5.38 Å². The van der Waals surface area contributed by atoms with Crippen molar-refractivity contribution in [3.63, 3.8) is 0 Å². The lowest BCUT2D eigenvalue weighted by molar-refractivity contribution is -0.132. The molecule has 1 saturated heterocycles. The van der Waals surface area contributed by atoms with Crippen LogP contribution < -0.4 is 5.73 Å². The highest BCUT2D eigenvalue weighted by Crippen LogP contribution is 2.13. The summed E-state index contributed by atoms with van der Waals surface area (Å²) >= 11 is 1.50. The molecule has 0 bridgehead atoms. The third-order valence-electron chi connectivity index (χ3n) is 3.72. The van der Waals surface area contributed by atoms with Gasteiger partial charge in [0.25, 0.3) is 0 Å². The Hall–Kier alpha value is -1.96. The minimum Gasteiger partial charge on any atom is -0.369 e. The van der Waals surface area contributed by atoms with Gasteiger partial charge in [-0.15, -0.1) is 11.3 Å². The first-order chi connectivity index (χ1) is 10.4. The van der Waals surface area contributed by atoms with Crippen molar-refractivity contribution in [3.8, 4) is 0 Å². The van der Waals surface area contributed by atoms with Crippen molar-refractivity contribution < 1.29 is 14.4 Å². The summed E-state index contributed by atoms with van der Waals surface area (Å²) in [4.78, 5) is 43.0. The Morgan fingerprint density at radius 1 is 1.32 bits per heavy atom. The second kappa shape index (κ2) is 6.87. The molecule has 0 aromatic carbocycles. The highest BCUT2D eigenvalue weighted by atomic mass is 32.1. The lowest BCUT2D eigenvalue weighted by Crippen LogP contribution is -2.41. The maximum atomic E-state index is 12.4. The van der Waals surface area contributed by atoms with Gasteiger partial charge in [0.15, 0.2) is 0 Å². The van der Waals surface area contributed by atoms with Gasteiger partial charge in [0, 0.05) is 38.5 Å².